The number of carbonyl (C=O) groups excluding carboxylic acids is 1. The van der Waals surface area contributed by atoms with Crippen molar-refractivity contribution in [1.29, 1.82) is 0 Å². The minimum Gasteiger partial charge on any atom is -0.338 e. The van der Waals surface area contributed by atoms with E-state index in [0.29, 0.717) is 13.1 Å². The third-order valence-electron chi connectivity index (χ3n) is 3.29. The highest BCUT2D eigenvalue weighted by atomic mass is 35.5. The Labute approximate surface area is 130 Å². The molecule has 0 atom stereocenters. The lowest BCUT2D eigenvalue weighted by Gasteiger charge is -2.19. The van der Waals surface area contributed by atoms with E-state index in [4.69, 9.17) is 11.6 Å². The molecule has 0 aliphatic carbocycles. The summed E-state index contributed by atoms with van der Waals surface area (Å²) in [6, 6.07) is 7.75. The van der Waals surface area contributed by atoms with E-state index in [1.807, 2.05) is 48.9 Å². The van der Waals surface area contributed by atoms with E-state index in [9.17, 15) is 4.79 Å². The first-order valence-electron chi connectivity index (χ1n) is 6.97. The zero-order valence-electron chi connectivity index (χ0n) is 12.6. The van der Waals surface area contributed by atoms with E-state index >= 15 is 0 Å². The monoisotopic (exact) mass is 305 g/mol. The van der Waals surface area contributed by atoms with Gasteiger partial charge in [0.2, 0.25) is 5.91 Å². The molecule has 2 rings (SSSR count). The molecule has 0 saturated carbocycles. The fourth-order valence-electron chi connectivity index (χ4n) is 2.20. The van der Waals surface area contributed by atoms with Gasteiger partial charge < -0.3 is 9.47 Å². The van der Waals surface area contributed by atoms with Crippen molar-refractivity contribution < 1.29 is 4.79 Å². The average molecular weight is 306 g/mol. The molecule has 1 aromatic heterocycles. The maximum Gasteiger partial charge on any atom is 0.225 e. The zero-order valence-corrected chi connectivity index (χ0v) is 13.3. The SMILES string of the molecule is CC(C)C(=O)N(C)Cc1nccn1Cc1cccc(Cl)c1. The fraction of sp³-hybridized carbons (Fsp3) is 0.375. The predicted molar refractivity (Wildman–Crippen MR) is 84.1 cm³/mol. The Hall–Kier alpha value is -1.81. The molecule has 5 heteroatoms. The quantitative estimate of drug-likeness (QED) is 0.851. The number of amides is 1. The van der Waals surface area contributed by atoms with Crippen molar-refractivity contribution in [3.05, 3.63) is 53.1 Å². The van der Waals surface area contributed by atoms with Crippen LogP contribution in [0.3, 0.4) is 0 Å². The van der Waals surface area contributed by atoms with Gasteiger partial charge in [-0.15, -0.1) is 0 Å². The second-order valence-corrected chi connectivity index (χ2v) is 5.89. The third-order valence-corrected chi connectivity index (χ3v) is 3.53. The number of nitrogens with zero attached hydrogens (tertiary/aromatic N) is 3. The van der Waals surface area contributed by atoms with Gasteiger partial charge in [-0.2, -0.15) is 0 Å². The summed E-state index contributed by atoms with van der Waals surface area (Å²) >= 11 is 6.01. The number of hydrogen-bond donors (Lipinski definition) is 0. The molecule has 1 amide bonds. The maximum absolute atomic E-state index is 12.0. The van der Waals surface area contributed by atoms with Crippen LogP contribution in [-0.2, 0) is 17.9 Å². The number of hydrogen-bond acceptors (Lipinski definition) is 2. The number of benzene rings is 1. The second-order valence-electron chi connectivity index (χ2n) is 5.45. The fourth-order valence-corrected chi connectivity index (χ4v) is 2.41. The van der Waals surface area contributed by atoms with Crippen molar-refractivity contribution >= 4 is 17.5 Å². The highest BCUT2D eigenvalue weighted by Crippen LogP contribution is 2.13. The summed E-state index contributed by atoms with van der Waals surface area (Å²) in [6.45, 7) is 5.00. The lowest BCUT2D eigenvalue weighted by Crippen LogP contribution is -2.31. The summed E-state index contributed by atoms with van der Waals surface area (Å²) in [7, 11) is 1.81. The normalized spacial score (nSPS) is 10.9. The lowest BCUT2D eigenvalue weighted by molar-refractivity contribution is -0.133. The van der Waals surface area contributed by atoms with Crippen LogP contribution in [0.5, 0.6) is 0 Å². The number of carbonyl (C=O) groups is 1. The van der Waals surface area contributed by atoms with Crippen LogP contribution >= 0.6 is 11.6 Å². The molecule has 4 nitrogen and oxygen atoms in total. The molecule has 0 N–H and O–H groups in total. The van der Waals surface area contributed by atoms with Gasteiger partial charge in [-0.05, 0) is 17.7 Å². The summed E-state index contributed by atoms with van der Waals surface area (Å²) in [5, 5.41) is 0.723. The maximum atomic E-state index is 12.0. The Balaban J connectivity index is 2.10. The van der Waals surface area contributed by atoms with Crippen LogP contribution in [-0.4, -0.2) is 27.4 Å². The van der Waals surface area contributed by atoms with Crippen molar-refractivity contribution in [2.75, 3.05) is 7.05 Å². The number of aromatic nitrogens is 2. The molecule has 0 saturated heterocycles. The first-order chi connectivity index (χ1) is 9.97. The molecule has 1 aromatic carbocycles. The highest BCUT2D eigenvalue weighted by molar-refractivity contribution is 6.30. The molecular formula is C16H20ClN3O. The van der Waals surface area contributed by atoms with Gasteiger partial charge >= 0.3 is 0 Å². The van der Waals surface area contributed by atoms with Gasteiger partial charge in [0.15, 0.2) is 0 Å². The first kappa shape index (κ1) is 15.6. The Kier molecular flexibility index (Phi) is 5.02. The summed E-state index contributed by atoms with van der Waals surface area (Å²) in [6.07, 6.45) is 3.68. The zero-order chi connectivity index (χ0) is 15.4. The summed E-state index contributed by atoms with van der Waals surface area (Å²) in [5.74, 6) is 0.977. The van der Waals surface area contributed by atoms with Crippen LogP contribution < -0.4 is 0 Å². The van der Waals surface area contributed by atoms with Gasteiger partial charge in [-0.1, -0.05) is 37.6 Å². The van der Waals surface area contributed by atoms with Gasteiger partial charge in [0.25, 0.3) is 0 Å². The molecule has 112 valence electrons. The van der Waals surface area contributed by atoms with E-state index in [1.54, 1.807) is 18.1 Å². The molecule has 2 aromatic rings. The van der Waals surface area contributed by atoms with Crippen LogP contribution in [0.4, 0.5) is 0 Å². The van der Waals surface area contributed by atoms with Gasteiger partial charge in [-0.3, -0.25) is 4.79 Å². The number of imidazole rings is 1. The lowest BCUT2D eigenvalue weighted by atomic mass is 10.2. The van der Waals surface area contributed by atoms with Crippen LogP contribution in [0.25, 0.3) is 0 Å². The Morgan fingerprint density at radius 2 is 2.19 bits per heavy atom. The van der Waals surface area contributed by atoms with Crippen molar-refractivity contribution in [3.63, 3.8) is 0 Å². The first-order valence-corrected chi connectivity index (χ1v) is 7.34. The van der Waals surface area contributed by atoms with Gasteiger partial charge in [0.05, 0.1) is 6.54 Å². The van der Waals surface area contributed by atoms with E-state index < -0.39 is 0 Å². The molecular weight excluding hydrogens is 286 g/mol. The predicted octanol–water partition coefficient (Wildman–Crippen LogP) is 3.20. The van der Waals surface area contributed by atoms with Crippen molar-refractivity contribution in [2.45, 2.75) is 26.9 Å². The van der Waals surface area contributed by atoms with Crippen LogP contribution in [0.1, 0.15) is 25.2 Å². The van der Waals surface area contributed by atoms with Crippen molar-refractivity contribution in [1.82, 2.24) is 14.5 Å². The minimum absolute atomic E-state index is 0.00802. The molecule has 0 aliphatic rings. The molecule has 0 unspecified atom stereocenters. The van der Waals surface area contributed by atoms with E-state index in [0.717, 1.165) is 16.4 Å². The Morgan fingerprint density at radius 1 is 1.43 bits per heavy atom. The second kappa shape index (κ2) is 6.76. The Morgan fingerprint density at radius 3 is 2.86 bits per heavy atom. The Bertz CT molecular complexity index is 621. The van der Waals surface area contributed by atoms with E-state index in [2.05, 4.69) is 4.98 Å². The molecule has 0 fully saturated rings. The smallest absolute Gasteiger partial charge is 0.225 e. The van der Waals surface area contributed by atoms with Gasteiger partial charge in [0.1, 0.15) is 5.82 Å². The summed E-state index contributed by atoms with van der Waals surface area (Å²) in [5.41, 5.74) is 1.11. The number of halogens is 1. The van der Waals surface area contributed by atoms with E-state index in [1.165, 1.54) is 0 Å². The summed E-state index contributed by atoms with van der Waals surface area (Å²) < 4.78 is 2.04. The van der Waals surface area contributed by atoms with Crippen LogP contribution in [0.2, 0.25) is 5.02 Å². The third kappa shape index (κ3) is 4.08. The minimum atomic E-state index is -0.00802. The van der Waals surface area contributed by atoms with Crippen molar-refractivity contribution in [3.8, 4) is 0 Å². The van der Waals surface area contributed by atoms with Gasteiger partial charge in [-0.25, -0.2) is 4.98 Å². The van der Waals surface area contributed by atoms with E-state index in [-0.39, 0.29) is 11.8 Å². The largest absolute Gasteiger partial charge is 0.338 e. The standard InChI is InChI=1S/C16H20ClN3O/c1-12(2)16(21)19(3)11-15-18-7-8-20(15)10-13-5-4-6-14(17)9-13/h4-9,12H,10-11H2,1-3H3. The molecule has 0 spiro atoms. The molecule has 0 aliphatic heterocycles. The average Bonchev–Trinajstić information content (AvgIpc) is 2.85. The number of rotatable bonds is 5. The van der Waals surface area contributed by atoms with Crippen molar-refractivity contribution in [2.24, 2.45) is 5.92 Å². The summed E-state index contributed by atoms with van der Waals surface area (Å²) in [4.78, 5) is 18.0. The molecule has 0 bridgehead atoms. The topological polar surface area (TPSA) is 38.1 Å². The molecule has 0 radical (unpaired) electrons. The molecule has 1 heterocycles. The molecule has 21 heavy (non-hydrogen) atoms. The van der Waals surface area contributed by atoms with Crippen LogP contribution in [0.15, 0.2) is 36.7 Å². The highest BCUT2D eigenvalue weighted by Gasteiger charge is 2.15. The van der Waals surface area contributed by atoms with Crippen LogP contribution in [0, 0.1) is 5.92 Å². The van der Waals surface area contributed by atoms with Gasteiger partial charge in [0, 0.05) is 36.9 Å².